The number of unbranched alkanes of at least 4 members (excludes halogenated alkanes) is 3. The van der Waals surface area contributed by atoms with E-state index < -0.39 is 58.0 Å². The molecule has 2 aliphatic rings. The Morgan fingerprint density at radius 3 is 1.93 bits per heavy atom. The van der Waals surface area contributed by atoms with Crippen LogP contribution in [0.1, 0.15) is 174 Å². The quantitative estimate of drug-likeness (QED) is 0.0201. The van der Waals surface area contributed by atoms with Gasteiger partial charge in [-0.15, -0.1) is 0 Å². The van der Waals surface area contributed by atoms with Gasteiger partial charge in [0.1, 0.15) is 0 Å². The predicted octanol–water partition coefficient (Wildman–Crippen LogP) is 17.0. The molecule has 404 valence electrons. The average Bonchev–Trinajstić information content (AvgIpc) is 3.26. The molecule has 0 aromatic rings. The van der Waals surface area contributed by atoms with Crippen LogP contribution in [0.4, 0.5) is 0 Å². The third kappa shape index (κ3) is 21.2. The topological polar surface area (TPSA) is 89.5 Å². The molecule has 8 nitrogen and oxygen atoms in total. The fourth-order valence-corrected chi connectivity index (χ4v) is 25.7. The average molecular weight is 1230 g/mol. The zero-order valence-electron chi connectivity index (χ0n) is 48.2. The van der Waals surface area contributed by atoms with Crippen LogP contribution < -0.4 is 0 Å². The number of rotatable bonds is 27. The second-order valence-electron chi connectivity index (χ2n) is 25.4. The number of esters is 2. The first-order valence-corrected chi connectivity index (χ1v) is 42.1. The first-order chi connectivity index (χ1) is 32.4. The Kier molecular flexibility index (Phi) is 27.8. The third-order valence-electron chi connectivity index (χ3n) is 16.1. The first kappa shape index (κ1) is 65.6. The van der Waals surface area contributed by atoms with Crippen LogP contribution in [0.5, 0.6) is 0 Å². The van der Waals surface area contributed by atoms with Crippen LogP contribution in [-0.4, -0.2) is 96.8 Å². The summed E-state index contributed by atoms with van der Waals surface area (Å²) in [4.78, 5) is 27.3. The Labute approximate surface area is 450 Å². The van der Waals surface area contributed by atoms with Crippen LogP contribution in [0.2, 0.25) is 49.6 Å². The monoisotopic (exact) mass is 1230 g/mol. The Morgan fingerprint density at radius 1 is 0.814 bits per heavy atom. The molecule has 12 heteroatoms. The molecule has 0 aromatic carbocycles. The number of carbonyl (C=O) groups is 2. The Hall–Kier alpha value is -0.558. The summed E-state index contributed by atoms with van der Waals surface area (Å²) in [5.41, 5.74) is -0.155. The van der Waals surface area contributed by atoms with Gasteiger partial charge in [0.2, 0.25) is 0 Å². The van der Waals surface area contributed by atoms with Crippen LogP contribution in [0.15, 0.2) is 56.3 Å². The van der Waals surface area contributed by atoms with Crippen molar-refractivity contribution in [2.45, 2.75) is 261 Å². The van der Waals surface area contributed by atoms with Gasteiger partial charge in [-0.05, 0) is 62.8 Å². The molecule has 0 unspecified atom stereocenters. The van der Waals surface area contributed by atoms with E-state index in [0.29, 0.717) is 25.9 Å². The van der Waals surface area contributed by atoms with E-state index >= 15 is 0 Å². The van der Waals surface area contributed by atoms with E-state index in [0.717, 1.165) is 18.4 Å². The molecule has 0 amide bonds. The van der Waals surface area contributed by atoms with Crippen molar-refractivity contribution in [2.24, 2.45) is 16.7 Å². The summed E-state index contributed by atoms with van der Waals surface area (Å²) in [6.45, 7) is 42.5. The molecule has 2 heterocycles. The molecule has 2 fully saturated rings. The zero-order chi connectivity index (χ0) is 53.2. The number of carbonyl (C=O) groups excluding carboxylic acids is 2. The molecule has 0 N–H and O–H groups in total. The molecular formula is C58H105IO8Si2Sn. The van der Waals surface area contributed by atoms with Gasteiger partial charge >= 0.3 is 281 Å². The van der Waals surface area contributed by atoms with Crippen molar-refractivity contribution in [3.63, 3.8) is 0 Å². The van der Waals surface area contributed by atoms with E-state index in [4.69, 9.17) is 27.8 Å². The molecule has 0 saturated carbocycles. The molecule has 2 rings (SSSR count). The standard InChI is InChI=1S/C46H78IO8Si2.3C4H9.Sn/c1-18-41(48)54-40-31-36(53-39(26-28-50-42(49)43(4,5)6)46(40,13)32-51-56(14,15)44(7,8)9)24-21-19-20-23-33(2)29-37-34(3)38(30-35(52-37)25-22-27-47)55-57(16,17)45(10,11)12;3*1-3-4-2;/h1,18,20-24,27,29,34-40H,19,25-26,28,30-32H2,2-17H3;3*1,3-4H2,2H3;/b18-1?,23-20+,24-21+,27-22+,33-29+;;;;/t34-,35-,36+,37+,38-,39-,40+,46-;;;;/m0..../s1. The summed E-state index contributed by atoms with van der Waals surface area (Å²) < 4.78 is 48.7. The van der Waals surface area contributed by atoms with E-state index in [1.54, 1.807) is 0 Å². The summed E-state index contributed by atoms with van der Waals surface area (Å²) >= 11 is -0.482. The summed E-state index contributed by atoms with van der Waals surface area (Å²) in [6, 6.07) is 0. The Morgan fingerprint density at radius 2 is 1.40 bits per heavy atom. The molecule has 0 aliphatic carbocycles. The minimum absolute atomic E-state index is 0.0126. The number of hydrogen-bond donors (Lipinski definition) is 0. The first-order valence-electron chi connectivity index (χ1n) is 27.4. The van der Waals surface area contributed by atoms with Gasteiger partial charge in [0, 0.05) is 5.92 Å². The van der Waals surface area contributed by atoms with E-state index in [1.807, 2.05) is 26.8 Å². The van der Waals surface area contributed by atoms with Crippen molar-refractivity contribution < 1.29 is 37.4 Å². The van der Waals surface area contributed by atoms with E-state index in [1.165, 1.54) is 51.8 Å². The summed E-state index contributed by atoms with van der Waals surface area (Å²) in [5.74, 6) is -0.275. The molecule has 2 saturated heterocycles. The molecule has 2 aliphatic heterocycles. The maximum atomic E-state index is 14.3. The second kappa shape index (κ2) is 29.7. The van der Waals surface area contributed by atoms with Crippen molar-refractivity contribution in [2.75, 3.05) is 13.2 Å². The number of hydrogen-bond acceptors (Lipinski definition) is 8. The van der Waals surface area contributed by atoms with Gasteiger partial charge in [-0.3, -0.25) is 0 Å². The molecule has 0 radical (unpaired) electrons. The molecule has 70 heavy (non-hydrogen) atoms. The van der Waals surface area contributed by atoms with Crippen molar-refractivity contribution in [1.29, 1.82) is 0 Å². The maximum absolute atomic E-state index is 14.3. The van der Waals surface area contributed by atoms with Gasteiger partial charge in [-0.2, -0.15) is 0 Å². The van der Waals surface area contributed by atoms with Crippen molar-refractivity contribution in [3.05, 3.63) is 56.3 Å². The normalized spacial score (nSPS) is 26.0. The molecule has 0 aromatic heterocycles. The van der Waals surface area contributed by atoms with E-state index in [-0.39, 0.29) is 59.0 Å². The molecule has 0 bridgehead atoms. The summed E-state index contributed by atoms with van der Waals surface area (Å²) in [6.07, 6.45) is 24.7. The number of allylic oxidation sites excluding steroid dienone is 4. The zero-order valence-corrected chi connectivity index (χ0v) is 55.2. The van der Waals surface area contributed by atoms with Crippen LogP contribution in [-0.2, 0) is 37.4 Å². The van der Waals surface area contributed by atoms with Crippen molar-refractivity contribution >= 4 is 69.5 Å². The van der Waals surface area contributed by atoms with Crippen molar-refractivity contribution in [3.8, 4) is 0 Å². The Balaban J connectivity index is 2.52. The van der Waals surface area contributed by atoms with Gasteiger partial charge in [0.05, 0.1) is 18.3 Å². The van der Waals surface area contributed by atoms with Crippen molar-refractivity contribution in [1.82, 2.24) is 0 Å². The molecule has 0 spiro atoms. The third-order valence-corrected chi connectivity index (χ3v) is 39.6. The number of halogens is 1. The van der Waals surface area contributed by atoms with Gasteiger partial charge in [-0.25, -0.2) is 0 Å². The molecule has 8 atom stereocenters. The second-order valence-corrected chi connectivity index (χ2v) is 48.7. The van der Waals surface area contributed by atoms with E-state index in [2.05, 4.69) is 176 Å². The molecular weight excluding hydrogens is 1130 g/mol. The number of ether oxygens (including phenoxy) is 4. The van der Waals surface area contributed by atoms with Crippen LogP contribution in [0.25, 0.3) is 0 Å². The fourth-order valence-electron chi connectivity index (χ4n) is 8.88. The Bertz CT molecular complexity index is 1710. The van der Waals surface area contributed by atoms with Gasteiger partial charge < -0.3 is 9.16 Å². The minimum atomic E-state index is -2.77. The van der Waals surface area contributed by atoms with Gasteiger partial charge in [-0.1, -0.05) is 68.0 Å². The van der Waals surface area contributed by atoms with Crippen LogP contribution in [0, 0.1) is 16.7 Å². The van der Waals surface area contributed by atoms with Crippen LogP contribution in [0.3, 0.4) is 0 Å². The summed E-state index contributed by atoms with van der Waals surface area (Å²) in [7, 11) is -4.19. The summed E-state index contributed by atoms with van der Waals surface area (Å²) in [5, 5.41) is 0.123. The predicted molar refractivity (Wildman–Crippen MR) is 312 cm³/mol. The van der Waals surface area contributed by atoms with Crippen LogP contribution >= 0.6 is 22.6 Å². The van der Waals surface area contributed by atoms with Gasteiger partial charge in [0.15, 0.2) is 8.32 Å². The fraction of sp³-hybridized carbons (Fsp3) is 0.793. The van der Waals surface area contributed by atoms with Gasteiger partial charge in [0.25, 0.3) is 0 Å². The van der Waals surface area contributed by atoms with E-state index in [9.17, 15) is 9.59 Å². The SMILES string of the molecule is CCC[CH2][Sn](/[CH]=C/C(=O)O[C@@H]1C[C@@H](/C=C/C/C=C/C(C)=C/[C@H]2O[C@@H](C/C=C/I)C[C@H](O[Si](C)(C)C(C)(C)C)[C@H]2C)O[C@@H](CCOC(=O)C(C)(C)C)[C@]1(C)CO[Si](C)(C)C(C)(C)C)([CH2]CCC)[CH2]CCC.